The van der Waals surface area contributed by atoms with Gasteiger partial charge in [0.25, 0.3) is 0 Å². The highest BCUT2D eigenvalue weighted by atomic mass is 32.2. The van der Waals surface area contributed by atoms with Crippen molar-refractivity contribution in [1.29, 1.82) is 0 Å². The lowest BCUT2D eigenvalue weighted by Gasteiger charge is -2.16. The SMILES string of the molecule is CC(C)=Nc1cc(CSCCC2=NC(C)=C(CCc3ccccc3)C(=O)C2)ccn1. The first-order valence-electron chi connectivity index (χ1n) is 10.4. The molecule has 2 aromatic rings. The van der Waals surface area contributed by atoms with Gasteiger partial charge in [-0.3, -0.25) is 9.79 Å². The Balaban J connectivity index is 1.50. The van der Waals surface area contributed by atoms with Crippen LogP contribution in [0.1, 0.15) is 51.2 Å². The van der Waals surface area contributed by atoms with Crippen molar-refractivity contribution in [3.63, 3.8) is 0 Å². The number of benzene rings is 1. The maximum Gasteiger partial charge on any atom is 0.166 e. The summed E-state index contributed by atoms with van der Waals surface area (Å²) in [5.41, 5.74) is 6.28. The lowest BCUT2D eigenvalue weighted by atomic mass is 9.94. The van der Waals surface area contributed by atoms with Crippen LogP contribution in [0.25, 0.3) is 0 Å². The second-order valence-electron chi connectivity index (χ2n) is 7.71. The third-order valence-electron chi connectivity index (χ3n) is 4.92. The molecule has 0 bridgehead atoms. The zero-order chi connectivity index (χ0) is 21.3. The van der Waals surface area contributed by atoms with Gasteiger partial charge in [-0.1, -0.05) is 30.3 Å². The molecular weight excluding hydrogens is 390 g/mol. The van der Waals surface area contributed by atoms with Crippen LogP contribution >= 0.6 is 11.8 Å². The van der Waals surface area contributed by atoms with Crippen LogP contribution in [0.5, 0.6) is 0 Å². The van der Waals surface area contributed by atoms with Crippen molar-refractivity contribution in [3.05, 3.63) is 71.1 Å². The molecule has 0 radical (unpaired) electrons. The number of thioether (sulfide) groups is 1. The van der Waals surface area contributed by atoms with Gasteiger partial charge in [-0.25, -0.2) is 9.98 Å². The molecule has 5 heteroatoms. The Morgan fingerprint density at radius 1 is 1.07 bits per heavy atom. The average Bonchev–Trinajstić information content (AvgIpc) is 2.71. The molecule has 0 spiro atoms. The number of aromatic nitrogens is 1. The van der Waals surface area contributed by atoms with Crippen molar-refractivity contribution < 1.29 is 4.79 Å². The van der Waals surface area contributed by atoms with E-state index in [9.17, 15) is 4.79 Å². The number of nitrogens with zero attached hydrogens (tertiary/aromatic N) is 3. The highest BCUT2D eigenvalue weighted by Gasteiger charge is 2.20. The first-order valence-corrected chi connectivity index (χ1v) is 11.5. The number of carbonyl (C=O) groups excluding carboxylic acids is 1. The van der Waals surface area contributed by atoms with Gasteiger partial charge >= 0.3 is 0 Å². The Hall–Kier alpha value is -2.53. The van der Waals surface area contributed by atoms with E-state index in [1.165, 1.54) is 11.1 Å². The summed E-state index contributed by atoms with van der Waals surface area (Å²) >= 11 is 1.85. The summed E-state index contributed by atoms with van der Waals surface area (Å²) in [5.74, 6) is 2.86. The van der Waals surface area contributed by atoms with Gasteiger partial charge in [0.05, 0.1) is 0 Å². The van der Waals surface area contributed by atoms with Gasteiger partial charge in [-0.15, -0.1) is 0 Å². The number of hydrogen-bond donors (Lipinski definition) is 0. The minimum Gasteiger partial charge on any atom is -0.294 e. The van der Waals surface area contributed by atoms with Crippen LogP contribution in [-0.2, 0) is 17.0 Å². The van der Waals surface area contributed by atoms with Crippen molar-refractivity contribution in [2.24, 2.45) is 9.98 Å². The van der Waals surface area contributed by atoms with Crippen molar-refractivity contribution >= 4 is 34.8 Å². The number of ketones is 1. The average molecular weight is 420 g/mol. The Bertz CT molecular complexity index is 973. The number of carbonyl (C=O) groups is 1. The van der Waals surface area contributed by atoms with Gasteiger partial charge in [-0.2, -0.15) is 11.8 Å². The van der Waals surface area contributed by atoms with Crippen LogP contribution in [0.3, 0.4) is 0 Å². The molecular formula is C25H29N3OS. The Kier molecular flexibility index (Phi) is 8.14. The summed E-state index contributed by atoms with van der Waals surface area (Å²) in [6, 6.07) is 14.4. The summed E-state index contributed by atoms with van der Waals surface area (Å²) < 4.78 is 0. The smallest absolute Gasteiger partial charge is 0.166 e. The molecule has 1 aliphatic heterocycles. The molecule has 0 fully saturated rings. The van der Waals surface area contributed by atoms with E-state index in [1.54, 1.807) is 0 Å². The summed E-state index contributed by atoms with van der Waals surface area (Å²) in [6.07, 6.45) is 4.78. The topological polar surface area (TPSA) is 54.7 Å². The number of aliphatic imine (C=N–C) groups is 2. The largest absolute Gasteiger partial charge is 0.294 e. The van der Waals surface area contributed by atoms with Crippen LogP contribution < -0.4 is 0 Å². The van der Waals surface area contributed by atoms with Crippen LogP contribution in [0.15, 0.2) is 69.9 Å². The van der Waals surface area contributed by atoms with E-state index < -0.39 is 0 Å². The van der Waals surface area contributed by atoms with Crippen molar-refractivity contribution in [3.8, 4) is 0 Å². The van der Waals surface area contributed by atoms with Gasteiger partial charge in [0.1, 0.15) is 0 Å². The number of rotatable bonds is 9. The molecule has 0 aliphatic carbocycles. The predicted molar refractivity (Wildman–Crippen MR) is 128 cm³/mol. The van der Waals surface area contributed by atoms with Crippen molar-refractivity contribution in [1.82, 2.24) is 4.98 Å². The minimum atomic E-state index is 0.241. The molecule has 0 saturated heterocycles. The molecule has 0 unspecified atom stereocenters. The molecule has 4 nitrogen and oxygen atoms in total. The third kappa shape index (κ3) is 6.77. The molecule has 1 aliphatic rings. The molecule has 0 atom stereocenters. The second kappa shape index (κ2) is 11.0. The van der Waals surface area contributed by atoms with Crippen LogP contribution in [0.4, 0.5) is 5.82 Å². The number of allylic oxidation sites excluding steroid dienone is 2. The lowest BCUT2D eigenvalue weighted by molar-refractivity contribution is -0.114. The number of pyridine rings is 1. The molecule has 0 saturated carbocycles. The normalized spacial score (nSPS) is 14.0. The maximum absolute atomic E-state index is 12.7. The van der Waals surface area contributed by atoms with E-state index in [0.717, 1.165) is 59.3 Å². The van der Waals surface area contributed by atoms with E-state index in [0.29, 0.717) is 6.42 Å². The summed E-state index contributed by atoms with van der Waals surface area (Å²) in [7, 11) is 0. The standard InChI is InChI=1S/C25H29N3OS/c1-18(2)27-25-15-21(11-13-26-25)17-30-14-12-22-16-24(29)23(19(3)28-22)10-9-20-7-5-4-6-8-20/h4-8,11,13,15H,9-10,12,14,16-17H2,1-3H3. The summed E-state index contributed by atoms with van der Waals surface area (Å²) in [5, 5.41) is 0. The number of Topliss-reactive ketones (excluding diaryl/α,β-unsaturated/α-hetero) is 1. The molecule has 0 amide bonds. The molecule has 30 heavy (non-hydrogen) atoms. The fraction of sp³-hybridized carbons (Fsp3) is 0.360. The van der Waals surface area contributed by atoms with Crippen molar-refractivity contribution in [2.45, 2.75) is 52.2 Å². The van der Waals surface area contributed by atoms with Gasteiger partial charge in [0.2, 0.25) is 0 Å². The van der Waals surface area contributed by atoms with Gasteiger partial charge in [0.15, 0.2) is 11.6 Å². The van der Waals surface area contributed by atoms with E-state index >= 15 is 0 Å². The van der Waals surface area contributed by atoms with Crippen molar-refractivity contribution in [2.75, 3.05) is 5.75 Å². The molecule has 1 aromatic carbocycles. The molecule has 1 aromatic heterocycles. The van der Waals surface area contributed by atoms with Crippen LogP contribution in [0.2, 0.25) is 0 Å². The number of aryl methyl sites for hydroxylation is 1. The molecule has 3 rings (SSSR count). The Morgan fingerprint density at radius 2 is 1.87 bits per heavy atom. The quantitative estimate of drug-likeness (QED) is 0.362. The summed E-state index contributed by atoms with van der Waals surface area (Å²) in [6.45, 7) is 5.91. The first kappa shape index (κ1) is 22.2. The lowest BCUT2D eigenvalue weighted by Crippen LogP contribution is -2.17. The van der Waals surface area contributed by atoms with Crippen LogP contribution in [0, 0.1) is 0 Å². The summed E-state index contributed by atoms with van der Waals surface area (Å²) in [4.78, 5) is 26.1. The van der Waals surface area contributed by atoms with E-state index in [-0.39, 0.29) is 5.78 Å². The monoisotopic (exact) mass is 419 g/mol. The first-order chi connectivity index (χ1) is 14.5. The fourth-order valence-corrected chi connectivity index (χ4v) is 4.38. The van der Waals surface area contributed by atoms with E-state index in [1.807, 2.05) is 69.1 Å². The second-order valence-corrected chi connectivity index (χ2v) is 8.82. The van der Waals surface area contributed by atoms with Crippen LogP contribution in [-0.4, -0.2) is 27.9 Å². The fourth-order valence-electron chi connectivity index (χ4n) is 3.44. The Labute approximate surface area is 183 Å². The Morgan fingerprint density at radius 3 is 2.60 bits per heavy atom. The zero-order valence-electron chi connectivity index (χ0n) is 18.0. The zero-order valence-corrected chi connectivity index (χ0v) is 18.8. The number of hydrogen-bond acceptors (Lipinski definition) is 5. The molecule has 0 N–H and O–H groups in total. The minimum absolute atomic E-state index is 0.241. The highest BCUT2D eigenvalue weighted by Crippen LogP contribution is 2.24. The van der Waals surface area contributed by atoms with E-state index in [4.69, 9.17) is 4.99 Å². The van der Waals surface area contributed by atoms with Gasteiger partial charge in [-0.05, 0) is 69.0 Å². The van der Waals surface area contributed by atoms with Gasteiger partial charge in [0, 0.05) is 41.1 Å². The predicted octanol–water partition coefficient (Wildman–Crippen LogP) is 6.14. The molecule has 156 valence electrons. The van der Waals surface area contributed by atoms with Gasteiger partial charge < -0.3 is 0 Å². The van der Waals surface area contributed by atoms with E-state index in [2.05, 4.69) is 22.1 Å². The third-order valence-corrected chi connectivity index (χ3v) is 5.95. The highest BCUT2D eigenvalue weighted by molar-refractivity contribution is 7.98. The maximum atomic E-state index is 12.7. The molecule has 2 heterocycles.